The van der Waals surface area contributed by atoms with Gasteiger partial charge in [-0.3, -0.25) is 23.6 Å². The number of aliphatic imine (C=N–C) groups is 1. The van der Waals surface area contributed by atoms with Gasteiger partial charge >= 0.3 is 0 Å². The van der Waals surface area contributed by atoms with E-state index in [9.17, 15) is 13.9 Å². The third kappa shape index (κ3) is 3.96. The third-order valence-electron chi connectivity index (χ3n) is 4.11. The van der Waals surface area contributed by atoms with Crippen LogP contribution in [0.2, 0.25) is 0 Å². The van der Waals surface area contributed by atoms with E-state index < -0.39 is 16.5 Å². The summed E-state index contributed by atoms with van der Waals surface area (Å²) in [6.45, 7) is 5.51. The molecule has 0 saturated carbocycles. The molecule has 0 aliphatic carbocycles. The van der Waals surface area contributed by atoms with Gasteiger partial charge in [-0.15, -0.1) is 10.6 Å². The largest absolute Gasteiger partial charge is 0.382 e. The molecular weight excluding hydrogens is 382 g/mol. The molecule has 0 unspecified atom stereocenters. The smallest absolute Gasteiger partial charge is 0.279 e. The first-order valence-electron chi connectivity index (χ1n) is 8.29. The van der Waals surface area contributed by atoms with Crippen LogP contribution in [0.25, 0.3) is 5.57 Å². The second kappa shape index (κ2) is 7.54. The zero-order chi connectivity index (χ0) is 20.5. The lowest BCUT2D eigenvalue weighted by Crippen LogP contribution is -2.20. The fourth-order valence-corrected chi connectivity index (χ4v) is 3.49. The summed E-state index contributed by atoms with van der Waals surface area (Å²) in [5.41, 5.74) is 7.65. The summed E-state index contributed by atoms with van der Waals surface area (Å²) in [6, 6.07) is 1.72. The molecule has 10 nitrogen and oxygen atoms in total. The highest BCUT2D eigenvalue weighted by atomic mass is 32.3. The molecule has 0 spiro atoms. The summed E-state index contributed by atoms with van der Waals surface area (Å²) >= 11 is 0. The summed E-state index contributed by atoms with van der Waals surface area (Å²) in [5, 5.41) is 8.18. The molecule has 2 aromatic rings. The number of carbonyl (C=O) groups excluding carboxylic acids is 1. The van der Waals surface area contributed by atoms with Crippen LogP contribution in [-0.2, 0) is 7.05 Å². The van der Waals surface area contributed by atoms with Crippen molar-refractivity contribution < 1.29 is 13.9 Å². The van der Waals surface area contributed by atoms with Crippen molar-refractivity contribution in [3.8, 4) is 0 Å². The SMILES string of the molecule is C=CS(O)(O)C1=NCC=C(c2cnc(N)c(C(=O)Nc3cc(C)nn3C)n2)C1. The van der Waals surface area contributed by atoms with Crippen molar-refractivity contribution in [1.29, 1.82) is 0 Å². The number of aromatic nitrogens is 4. The van der Waals surface area contributed by atoms with Crippen molar-refractivity contribution in [2.24, 2.45) is 12.0 Å². The van der Waals surface area contributed by atoms with Crippen LogP contribution in [0.15, 0.2) is 35.3 Å². The predicted octanol–water partition coefficient (Wildman–Crippen LogP) is 2.43. The van der Waals surface area contributed by atoms with Gasteiger partial charge in [0, 0.05) is 24.9 Å². The van der Waals surface area contributed by atoms with Gasteiger partial charge < -0.3 is 11.1 Å². The van der Waals surface area contributed by atoms with Crippen molar-refractivity contribution in [2.45, 2.75) is 13.3 Å². The molecular formula is C17H21N7O3S. The number of aryl methyl sites for hydroxylation is 2. The van der Waals surface area contributed by atoms with Crippen LogP contribution in [0.3, 0.4) is 0 Å². The van der Waals surface area contributed by atoms with Gasteiger partial charge in [0.15, 0.2) is 11.5 Å². The lowest BCUT2D eigenvalue weighted by Gasteiger charge is -2.31. The normalized spacial score (nSPS) is 14.9. The zero-order valence-electron chi connectivity index (χ0n) is 15.5. The number of nitrogens with zero attached hydrogens (tertiary/aromatic N) is 5. The molecule has 5 N–H and O–H groups in total. The summed E-state index contributed by atoms with van der Waals surface area (Å²) in [5.74, 6) is -0.0309. The Morgan fingerprint density at radius 2 is 2.21 bits per heavy atom. The fraction of sp³-hybridized carbons (Fsp3) is 0.235. The molecule has 3 rings (SSSR count). The maximum absolute atomic E-state index is 12.6. The number of dihydropyridines is 1. The number of nitrogens with one attached hydrogen (secondary N) is 1. The number of amides is 1. The first kappa shape index (κ1) is 19.7. The van der Waals surface area contributed by atoms with E-state index in [1.807, 2.05) is 6.92 Å². The van der Waals surface area contributed by atoms with E-state index in [0.717, 1.165) is 11.1 Å². The van der Waals surface area contributed by atoms with Crippen molar-refractivity contribution in [3.05, 3.63) is 47.4 Å². The number of rotatable bonds is 4. The van der Waals surface area contributed by atoms with Gasteiger partial charge in [0.25, 0.3) is 5.91 Å². The molecule has 0 radical (unpaired) electrons. The zero-order valence-corrected chi connectivity index (χ0v) is 16.3. The summed E-state index contributed by atoms with van der Waals surface area (Å²) in [6.07, 6.45) is 3.39. The number of allylic oxidation sites excluding steroid dienone is 1. The average Bonchev–Trinajstić information content (AvgIpc) is 2.99. The van der Waals surface area contributed by atoms with Crippen LogP contribution in [0, 0.1) is 6.92 Å². The van der Waals surface area contributed by atoms with Gasteiger partial charge in [-0.1, -0.05) is 12.7 Å². The first-order chi connectivity index (χ1) is 13.2. The molecule has 0 bridgehead atoms. The van der Waals surface area contributed by atoms with Crippen molar-refractivity contribution >= 4 is 38.7 Å². The number of nitrogens with two attached hydrogens (primary N) is 1. The highest BCUT2D eigenvalue weighted by molar-refractivity contribution is 8.39. The maximum atomic E-state index is 12.6. The Balaban J connectivity index is 1.86. The lowest BCUT2D eigenvalue weighted by atomic mass is 10.1. The second-order valence-corrected chi connectivity index (χ2v) is 8.13. The van der Waals surface area contributed by atoms with E-state index in [4.69, 9.17) is 5.73 Å². The van der Waals surface area contributed by atoms with E-state index in [1.54, 1.807) is 19.2 Å². The van der Waals surface area contributed by atoms with E-state index in [2.05, 4.69) is 32.0 Å². The molecule has 0 aromatic carbocycles. The molecule has 0 saturated heterocycles. The van der Waals surface area contributed by atoms with E-state index in [0.29, 0.717) is 17.1 Å². The van der Waals surface area contributed by atoms with Gasteiger partial charge in [-0.25, -0.2) is 9.97 Å². The number of hydrogen-bond acceptors (Lipinski definition) is 8. The van der Waals surface area contributed by atoms with E-state index in [1.165, 1.54) is 10.9 Å². The van der Waals surface area contributed by atoms with E-state index in [-0.39, 0.29) is 29.5 Å². The van der Waals surface area contributed by atoms with Crippen molar-refractivity contribution in [3.63, 3.8) is 0 Å². The van der Waals surface area contributed by atoms with E-state index >= 15 is 0 Å². The Labute approximate surface area is 163 Å². The highest BCUT2D eigenvalue weighted by Crippen LogP contribution is 2.45. The Bertz CT molecular complexity index is 1010. The minimum atomic E-state index is -3.13. The van der Waals surface area contributed by atoms with Crippen LogP contribution < -0.4 is 11.1 Å². The van der Waals surface area contributed by atoms with Crippen molar-refractivity contribution in [2.75, 3.05) is 17.6 Å². The first-order valence-corrected chi connectivity index (χ1v) is 9.90. The Hall–Kier alpha value is -3.02. The van der Waals surface area contributed by atoms with Crippen LogP contribution in [0.5, 0.6) is 0 Å². The van der Waals surface area contributed by atoms with Gasteiger partial charge in [0.1, 0.15) is 10.9 Å². The maximum Gasteiger partial charge on any atom is 0.279 e. The molecule has 11 heteroatoms. The quantitative estimate of drug-likeness (QED) is 0.612. The molecule has 2 aromatic heterocycles. The molecule has 3 heterocycles. The molecule has 1 aliphatic rings. The van der Waals surface area contributed by atoms with Gasteiger partial charge in [-0.05, 0) is 12.5 Å². The summed E-state index contributed by atoms with van der Waals surface area (Å²) in [4.78, 5) is 25.2. The minimum Gasteiger partial charge on any atom is -0.382 e. The molecule has 1 amide bonds. The van der Waals surface area contributed by atoms with Crippen LogP contribution in [-0.4, -0.2) is 46.3 Å². The molecule has 0 fully saturated rings. The van der Waals surface area contributed by atoms with Gasteiger partial charge in [0.2, 0.25) is 0 Å². The average molecular weight is 403 g/mol. The molecule has 1 aliphatic heterocycles. The van der Waals surface area contributed by atoms with Crippen LogP contribution in [0.1, 0.15) is 28.3 Å². The number of hydrogen-bond donors (Lipinski definition) is 4. The van der Waals surface area contributed by atoms with Crippen LogP contribution in [0.4, 0.5) is 11.6 Å². The number of carbonyl (C=O) groups is 1. The van der Waals surface area contributed by atoms with Gasteiger partial charge in [0.05, 0.1) is 24.1 Å². The Morgan fingerprint density at radius 3 is 2.86 bits per heavy atom. The summed E-state index contributed by atoms with van der Waals surface area (Å²) < 4.78 is 21.6. The number of anilines is 2. The predicted molar refractivity (Wildman–Crippen MR) is 110 cm³/mol. The highest BCUT2D eigenvalue weighted by Gasteiger charge is 2.23. The topological polar surface area (TPSA) is 152 Å². The second-order valence-electron chi connectivity index (χ2n) is 6.14. The summed E-state index contributed by atoms with van der Waals surface area (Å²) in [7, 11) is -1.42. The van der Waals surface area contributed by atoms with Crippen LogP contribution >= 0.6 is 10.6 Å². The van der Waals surface area contributed by atoms with Crippen molar-refractivity contribution in [1.82, 2.24) is 19.7 Å². The molecule has 148 valence electrons. The fourth-order valence-electron chi connectivity index (χ4n) is 2.66. The minimum absolute atomic E-state index is 0.0131. The molecule has 28 heavy (non-hydrogen) atoms. The molecule has 0 atom stereocenters. The standard InChI is InChI=1S/C17H21N7O3S/c1-4-28(26,27)14-8-11(5-6-19-14)12-9-20-16(18)15(21-12)17(25)22-13-7-10(2)23-24(13)3/h4-5,7,9,26-27H,1,6,8H2,2-3H3,(H2,18,20)(H,22,25). The Kier molecular flexibility index (Phi) is 5.31. The lowest BCUT2D eigenvalue weighted by molar-refractivity contribution is 0.102. The third-order valence-corrected chi connectivity index (χ3v) is 5.55. The Morgan fingerprint density at radius 1 is 1.46 bits per heavy atom. The monoisotopic (exact) mass is 403 g/mol. The van der Waals surface area contributed by atoms with Gasteiger partial charge in [-0.2, -0.15) is 5.10 Å². The number of nitrogen functional groups attached to an aromatic ring is 1.